The fourth-order valence-corrected chi connectivity index (χ4v) is 1.64. The number of anilines is 2. The van der Waals surface area contributed by atoms with Crippen LogP contribution in [0.2, 0.25) is 0 Å². The molecule has 0 unspecified atom stereocenters. The van der Waals surface area contributed by atoms with Gasteiger partial charge in [-0.1, -0.05) is 0 Å². The molecule has 6 nitrogen and oxygen atoms in total. The highest BCUT2D eigenvalue weighted by Gasteiger charge is 2.14. The second-order valence-electron chi connectivity index (χ2n) is 3.97. The molecular formula is C13H16N4O2. The van der Waals surface area contributed by atoms with E-state index >= 15 is 0 Å². The highest BCUT2D eigenvalue weighted by molar-refractivity contribution is 6.06. The van der Waals surface area contributed by atoms with Gasteiger partial charge in [0.1, 0.15) is 5.75 Å². The van der Waals surface area contributed by atoms with Crippen LogP contribution in [0.25, 0.3) is 0 Å². The number of carbonyl (C=O) groups excluding carboxylic acids is 1. The van der Waals surface area contributed by atoms with Crippen LogP contribution in [0.4, 0.5) is 11.4 Å². The van der Waals surface area contributed by atoms with Gasteiger partial charge in [-0.3, -0.25) is 9.48 Å². The first-order valence-corrected chi connectivity index (χ1v) is 5.92. The highest BCUT2D eigenvalue weighted by atomic mass is 16.5. The van der Waals surface area contributed by atoms with Crippen LogP contribution in [-0.2, 0) is 6.54 Å². The molecule has 0 saturated heterocycles. The van der Waals surface area contributed by atoms with E-state index in [4.69, 9.17) is 10.5 Å². The Hall–Kier alpha value is -2.50. The van der Waals surface area contributed by atoms with E-state index in [0.29, 0.717) is 17.9 Å². The molecule has 3 N–H and O–H groups in total. The van der Waals surface area contributed by atoms with Gasteiger partial charge in [0.05, 0.1) is 12.8 Å². The van der Waals surface area contributed by atoms with Gasteiger partial charge in [0.25, 0.3) is 5.91 Å². The van der Waals surface area contributed by atoms with Gasteiger partial charge >= 0.3 is 0 Å². The van der Waals surface area contributed by atoms with Gasteiger partial charge in [-0.05, 0) is 31.2 Å². The van der Waals surface area contributed by atoms with Crippen molar-refractivity contribution in [2.24, 2.45) is 0 Å². The number of nitrogens with two attached hydrogens (primary N) is 1. The number of rotatable bonds is 4. The summed E-state index contributed by atoms with van der Waals surface area (Å²) < 4.78 is 6.67. The van der Waals surface area contributed by atoms with E-state index in [9.17, 15) is 4.79 Å². The summed E-state index contributed by atoms with van der Waals surface area (Å²) in [5, 5.41) is 6.85. The number of carbonyl (C=O) groups is 1. The van der Waals surface area contributed by atoms with Crippen molar-refractivity contribution in [1.82, 2.24) is 9.78 Å². The zero-order valence-corrected chi connectivity index (χ0v) is 10.9. The zero-order chi connectivity index (χ0) is 13.8. The lowest BCUT2D eigenvalue weighted by Gasteiger charge is -2.05. The summed E-state index contributed by atoms with van der Waals surface area (Å²) in [4.78, 5) is 12.0. The van der Waals surface area contributed by atoms with Crippen molar-refractivity contribution in [3.8, 4) is 5.75 Å². The van der Waals surface area contributed by atoms with Crippen molar-refractivity contribution in [1.29, 1.82) is 0 Å². The average Bonchev–Trinajstić information content (AvgIpc) is 2.81. The molecule has 0 fully saturated rings. The number of nitrogens with one attached hydrogen (secondary N) is 1. The minimum Gasteiger partial charge on any atom is -0.497 e. The smallest absolute Gasteiger partial charge is 0.278 e. The third kappa shape index (κ3) is 2.85. The second-order valence-corrected chi connectivity index (χ2v) is 3.97. The maximum absolute atomic E-state index is 12.0. The van der Waals surface area contributed by atoms with Gasteiger partial charge in [0, 0.05) is 18.4 Å². The van der Waals surface area contributed by atoms with E-state index in [1.54, 1.807) is 42.3 Å². The van der Waals surface area contributed by atoms with Crippen LogP contribution in [0, 0.1) is 0 Å². The predicted molar refractivity (Wildman–Crippen MR) is 73.3 cm³/mol. The SMILES string of the molecule is CCn1cc(N)c(C(=O)Nc2ccc(OC)cc2)n1. The number of hydrogen-bond donors (Lipinski definition) is 2. The van der Waals surface area contributed by atoms with Gasteiger partial charge < -0.3 is 15.8 Å². The van der Waals surface area contributed by atoms with E-state index < -0.39 is 0 Å². The van der Waals surface area contributed by atoms with Crippen molar-refractivity contribution < 1.29 is 9.53 Å². The summed E-state index contributed by atoms with van der Waals surface area (Å²) >= 11 is 0. The summed E-state index contributed by atoms with van der Waals surface area (Å²) in [5.41, 5.74) is 7.02. The predicted octanol–water partition coefficient (Wildman–Crippen LogP) is 1.75. The molecule has 2 aromatic rings. The van der Waals surface area contributed by atoms with Crippen LogP contribution >= 0.6 is 0 Å². The Kier molecular flexibility index (Phi) is 3.70. The Morgan fingerprint density at radius 2 is 2.11 bits per heavy atom. The van der Waals surface area contributed by atoms with Crippen LogP contribution in [0.5, 0.6) is 5.75 Å². The molecule has 0 aliphatic rings. The maximum Gasteiger partial charge on any atom is 0.278 e. The largest absolute Gasteiger partial charge is 0.497 e. The van der Waals surface area contributed by atoms with Crippen LogP contribution in [0.1, 0.15) is 17.4 Å². The third-order valence-corrected chi connectivity index (χ3v) is 2.68. The Bertz CT molecular complexity index is 575. The molecule has 0 bridgehead atoms. The number of aromatic nitrogens is 2. The number of amides is 1. The van der Waals surface area contributed by atoms with Crippen molar-refractivity contribution in [2.45, 2.75) is 13.5 Å². The Labute approximate surface area is 111 Å². The van der Waals surface area contributed by atoms with Gasteiger partial charge in [-0.2, -0.15) is 5.10 Å². The topological polar surface area (TPSA) is 82.2 Å². The van der Waals surface area contributed by atoms with Crippen LogP contribution in [-0.4, -0.2) is 22.8 Å². The van der Waals surface area contributed by atoms with Crippen LogP contribution in [0.3, 0.4) is 0 Å². The van der Waals surface area contributed by atoms with E-state index in [-0.39, 0.29) is 11.6 Å². The van der Waals surface area contributed by atoms with Gasteiger partial charge in [0.15, 0.2) is 5.69 Å². The van der Waals surface area contributed by atoms with Crippen molar-refractivity contribution in [2.75, 3.05) is 18.2 Å². The Morgan fingerprint density at radius 1 is 1.42 bits per heavy atom. The van der Waals surface area contributed by atoms with E-state index in [2.05, 4.69) is 10.4 Å². The molecule has 100 valence electrons. The number of nitrogen functional groups attached to an aromatic ring is 1. The molecule has 0 aliphatic carbocycles. The molecule has 0 atom stereocenters. The average molecular weight is 260 g/mol. The molecule has 0 spiro atoms. The summed E-state index contributed by atoms with van der Waals surface area (Å²) in [6.07, 6.45) is 1.64. The Morgan fingerprint density at radius 3 is 2.63 bits per heavy atom. The molecule has 0 aliphatic heterocycles. The third-order valence-electron chi connectivity index (χ3n) is 2.68. The molecular weight excluding hydrogens is 244 g/mol. The van der Waals surface area contributed by atoms with Crippen molar-refractivity contribution in [3.63, 3.8) is 0 Å². The monoisotopic (exact) mass is 260 g/mol. The molecule has 19 heavy (non-hydrogen) atoms. The first-order valence-electron chi connectivity index (χ1n) is 5.92. The summed E-state index contributed by atoms with van der Waals surface area (Å²) in [5.74, 6) is 0.405. The molecule has 6 heteroatoms. The number of benzene rings is 1. The maximum atomic E-state index is 12.0. The van der Waals surface area contributed by atoms with Crippen LogP contribution < -0.4 is 15.8 Å². The molecule has 0 saturated carbocycles. The quantitative estimate of drug-likeness (QED) is 0.877. The molecule has 0 radical (unpaired) electrons. The normalized spacial score (nSPS) is 10.2. The fraction of sp³-hybridized carbons (Fsp3) is 0.231. The highest BCUT2D eigenvalue weighted by Crippen LogP contribution is 2.17. The van der Waals surface area contributed by atoms with Gasteiger partial charge in [0.2, 0.25) is 0 Å². The molecule has 1 aromatic heterocycles. The van der Waals surface area contributed by atoms with Gasteiger partial charge in [-0.25, -0.2) is 0 Å². The van der Waals surface area contributed by atoms with E-state index in [0.717, 1.165) is 5.75 Å². The minimum absolute atomic E-state index is 0.234. The first kappa shape index (κ1) is 12.9. The number of methoxy groups -OCH3 is 1. The zero-order valence-electron chi connectivity index (χ0n) is 10.9. The number of aryl methyl sites for hydroxylation is 1. The summed E-state index contributed by atoms with van der Waals surface area (Å²) in [7, 11) is 1.59. The van der Waals surface area contributed by atoms with E-state index in [1.807, 2.05) is 6.92 Å². The molecule has 2 rings (SSSR count). The van der Waals surface area contributed by atoms with Crippen LogP contribution in [0.15, 0.2) is 30.5 Å². The summed E-state index contributed by atoms with van der Waals surface area (Å²) in [6.45, 7) is 2.59. The fourth-order valence-electron chi connectivity index (χ4n) is 1.64. The minimum atomic E-state index is -0.324. The second kappa shape index (κ2) is 5.43. The van der Waals surface area contributed by atoms with Crippen molar-refractivity contribution >= 4 is 17.3 Å². The van der Waals surface area contributed by atoms with Crippen molar-refractivity contribution in [3.05, 3.63) is 36.2 Å². The lowest BCUT2D eigenvalue weighted by atomic mass is 10.3. The Balaban J connectivity index is 2.13. The lowest BCUT2D eigenvalue weighted by Crippen LogP contribution is -2.14. The molecule has 1 amide bonds. The number of hydrogen-bond acceptors (Lipinski definition) is 4. The summed E-state index contributed by atoms with van der Waals surface area (Å²) in [6, 6.07) is 7.04. The number of ether oxygens (including phenoxy) is 1. The van der Waals surface area contributed by atoms with E-state index in [1.165, 1.54) is 0 Å². The molecule has 1 heterocycles. The lowest BCUT2D eigenvalue weighted by molar-refractivity contribution is 0.102. The first-order chi connectivity index (χ1) is 9.13. The standard InChI is InChI=1S/C13H16N4O2/c1-3-17-8-11(14)12(16-17)13(18)15-9-4-6-10(19-2)7-5-9/h4-8H,3,14H2,1-2H3,(H,15,18). The molecule has 1 aromatic carbocycles. The number of nitrogens with zero attached hydrogens (tertiary/aromatic N) is 2. The van der Waals surface area contributed by atoms with Gasteiger partial charge in [-0.15, -0.1) is 0 Å².